The van der Waals surface area contributed by atoms with Gasteiger partial charge in [0.1, 0.15) is 0 Å². The average Bonchev–Trinajstić information content (AvgIpc) is 3.33. The lowest BCUT2D eigenvalue weighted by Gasteiger charge is -1.95. The third-order valence-electron chi connectivity index (χ3n) is 3.33. The summed E-state index contributed by atoms with van der Waals surface area (Å²) in [4.78, 5) is 23.4. The molecule has 0 aliphatic carbocycles. The van der Waals surface area contributed by atoms with Crippen LogP contribution in [0.15, 0.2) is 59.0 Å². The zero-order valence-electron chi connectivity index (χ0n) is 13.3. The Morgan fingerprint density at radius 2 is 2.15 bits per heavy atom. The number of para-hydroxylation sites is 1. The largest absolute Gasteiger partial charge is 0.291 e. The summed E-state index contributed by atoms with van der Waals surface area (Å²) < 4.78 is 0. The fourth-order valence-corrected chi connectivity index (χ4v) is 2.83. The van der Waals surface area contributed by atoms with Crippen LogP contribution >= 0.6 is 11.3 Å². The Hall–Kier alpha value is -3.59. The molecule has 0 atom stereocenters. The van der Waals surface area contributed by atoms with E-state index in [9.17, 15) is 14.9 Å². The number of allylic oxidation sites excluding steroid dienone is 1. The fourth-order valence-electron chi connectivity index (χ4n) is 2.13. The first-order valence-electron chi connectivity index (χ1n) is 7.48. The van der Waals surface area contributed by atoms with Gasteiger partial charge in [-0.3, -0.25) is 20.0 Å². The van der Waals surface area contributed by atoms with Crippen LogP contribution in [0.25, 0.3) is 16.6 Å². The molecule has 0 spiro atoms. The molecule has 3 aromatic rings. The van der Waals surface area contributed by atoms with Crippen LogP contribution in [0, 0.1) is 10.1 Å². The number of carbonyl (C=O) groups excluding carboxylic acids is 1. The van der Waals surface area contributed by atoms with Crippen molar-refractivity contribution in [1.29, 1.82) is 0 Å². The lowest BCUT2D eigenvalue weighted by Crippen LogP contribution is -2.17. The summed E-state index contributed by atoms with van der Waals surface area (Å²) in [6, 6.07) is 11.8. The predicted octanol–water partition coefficient (Wildman–Crippen LogP) is 3.48. The Bertz CT molecular complexity index is 976. The smallest absolute Gasteiger partial charge is 0.276 e. The number of nitrogens with zero attached hydrogens (tertiary/aromatic N) is 3. The molecule has 0 radical (unpaired) electrons. The summed E-state index contributed by atoms with van der Waals surface area (Å²) in [5, 5.41) is 23.4. The summed E-state index contributed by atoms with van der Waals surface area (Å²) in [6.07, 6.45) is 4.38. The molecule has 26 heavy (non-hydrogen) atoms. The molecule has 1 amide bonds. The third kappa shape index (κ3) is 4.08. The van der Waals surface area contributed by atoms with Crippen molar-refractivity contribution in [1.82, 2.24) is 15.6 Å². The molecule has 3 rings (SSSR count). The number of hydrazone groups is 1. The Morgan fingerprint density at radius 1 is 1.31 bits per heavy atom. The van der Waals surface area contributed by atoms with Crippen molar-refractivity contribution in [3.8, 4) is 10.6 Å². The van der Waals surface area contributed by atoms with Crippen LogP contribution in [0.3, 0.4) is 0 Å². The number of nitrogens with one attached hydrogen (secondary N) is 2. The molecular weight excluding hydrogens is 354 g/mol. The third-order valence-corrected chi connectivity index (χ3v) is 4.24. The zero-order chi connectivity index (χ0) is 18.4. The van der Waals surface area contributed by atoms with Crippen molar-refractivity contribution in [2.45, 2.75) is 0 Å². The van der Waals surface area contributed by atoms with Gasteiger partial charge in [0.2, 0.25) is 0 Å². The van der Waals surface area contributed by atoms with Gasteiger partial charge in [-0.1, -0.05) is 18.2 Å². The van der Waals surface area contributed by atoms with Crippen molar-refractivity contribution in [3.05, 3.63) is 75.3 Å². The van der Waals surface area contributed by atoms with E-state index in [-0.39, 0.29) is 11.4 Å². The second kappa shape index (κ2) is 7.99. The maximum Gasteiger partial charge on any atom is 0.291 e. The first kappa shape index (κ1) is 17.2. The molecule has 1 aromatic carbocycles. The molecule has 0 aliphatic rings. The van der Waals surface area contributed by atoms with Gasteiger partial charge in [0.15, 0.2) is 5.69 Å². The summed E-state index contributed by atoms with van der Waals surface area (Å²) in [5.41, 5.74) is 3.76. The maximum atomic E-state index is 12.0. The number of amides is 1. The quantitative estimate of drug-likeness (QED) is 0.394. The van der Waals surface area contributed by atoms with Gasteiger partial charge in [0.05, 0.1) is 21.1 Å². The maximum absolute atomic E-state index is 12.0. The van der Waals surface area contributed by atoms with Gasteiger partial charge >= 0.3 is 0 Å². The SMILES string of the molecule is O=C(NN=CC=Cc1ccccc1[N+](=O)[O-])c1cc(-c2cccs2)[nH]n1. The fraction of sp³-hybridized carbons (Fsp3) is 0. The molecule has 9 heteroatoms. The summed E-state index contributed by atoms with van der Waals surface area (Å²) in [7, 11) is 0. The number of nitro groups is 1. The van der Waals surface area contributed by atoms with Gasteiger partial charge in [0.25, 0.3) is 11.6 Å². The average molecular weight is 367 g/mol. The van der Waals surface area contributed by atoms with E-state index in [0.717, 1.165) is 10.6 Å². The zero-order valence-corrected chi connectivity index (χ0v) is 14.1. The highest BCUT2D eigenvalue weighted by atomic mass is 32.1. The number of thiophene rings is 1. The molecule has 2 heterocycles. The van der Waals surface area contributed by atoms with Crippen molar-refractivity contribution in [2.75, 3.05) is 0 Å². The van der Waals surface area contributed by atoms with Crippen LogP contribution in [-0.4, -0.2) is 27.2 Å². The minimum Gasteiger partial charge on any atom is -0.276 e. The van der Waals surface area contributed by atoms with E-state index in [0.29, 0.717) is 5.56 Å². The number of benzene rings is 1. The molecular formula is C17H13N5O3S. The highest BCUT2D eigenvalue weighted by Crippen LogP contribution is 2.22. The van der Waals surface area contributed by atoms with E-state index in [2.05, 4.69) is 20.7 Å². The van der Waals surface area contributed by atoms with Gasteiger partial charge < -0.3 is 0 Å². The number of hydrogen-bond donors (Lipinski definition) is 2. The van der Waals surface area contributed by atoms with Crippen molar-refractivity contribution in [3.63, 3.8) is 0 Å². The van der Waals surface area contributed by atoms with Gasteiger partial charge in [-0.05, 0) is 35.7 Å². The predicted molar refractivity (Wildman–Crippen MR) is 100.0 cm³/mol. The Morgan fingerprint density at radius 3 is 2.92 bits per heavy atom. The van der Waals surface area contributed by atoms with E-state index in [1.807, 2.05) is 17.5 Å². The van der Waals surface area contributed by atoms with Crippen LogP contribution in [-0.2, 0) is 0 Å². The summed E-state index contributed by atoms with van der Waals surface area (Å²) >= 11 is 1.54. The number of H-pyrrole nitrogens is 1. The second-order valence-corrected chi connectivity index (χ2v) is 5.99. The normalized spacial score (nSPS) is 11.2. The highest BCUT2D eigenvalue weighted by molar-refractivity contribution is 7.13. The number of nitro benzene ring substituents is 1. The van der Waals surface area contributed by atoms with Crippen LogP contribution < -0.4 is 5.43 Å². The first-order chi connectivity index (χ1) is 12.6. The van der Waals surface area contributed by atoms with E-state index in [1.54, 1.807) is 24.3 Å². The number of aromatic amines is 1. The van der Waals surface area contributed by atoms with Crippen LogP contribution in [0.4, 0.5) is 5.69 Å². The molecule has 2 aromatic heterocycles. The minimum atomic E-state index is -0.459. The number of rotatable bonds is 6. The lowest BCUT2D eigenvalue weighted by molar-refractivity contribution is -0.385. The highest BCUT2D eigenvalue weighted by Gasteiger charge is 2.11. The Labute approximate surface area is 152 Å². The molecule has 0 bridgehead atoms. The summed E-state index contributed by atoms with van der Waals surface area (Å²) in [5.74, 6) is -0.459. The van der Waals surface area contributed by atoms with Crippen molar-refractivity contribution < 1.29 is 9.72 Å². The molecule has 0 saturated heterocycles. The van der Waals surface area contributed by atoms with Crippen LogP contribution in [0.1, 0.15) is 16.1 Å². The standard InChI is InChI=1S/C17H13N5O3S/c23-17(14-11-13(19-20-14)16-8-4-10-26-16)21-18-9-3-6-12-5-1-2-7-15(12)22(24)25/h1-11H,(H,19,20)(H,21,23). The topological polar surface area (TPSA) is 113 Å². The first-order valence-corrected chi connectivity index (χ1v) is 8.36. The Kier molecular flexibility index (Phi) is 5.30. The van der Waals surface area contributed by atoms with E-state index >= 15 is 0 Å². The van der Waals surface area contributed by atoms with Crippen molar-refractivity contribution >= 4 is 35.2 Å². The van der Waals surface area contributed by atoms with Crippen LogP contribution in [0.5, 0.6) is 0 Å². The van der Waals surface area contributed by atoms with Gasteiger partial charge in [-0.15, -0.1) is 11.3 Å². The Balaban J connectivity index is 1.59. The molecule has 2 N–H and O–H groups in total. The van der Waals surface area contributed by atoms with Gasteiger partial charge in [0, 0.05) is 12.3 Å². The number of carbonyl (C=O) groups is 1. The molecule has 0 fully saturated rings. The molecule has 0 saturated carbocycles. The van der Waals surface area contributed by atoms with E-state index in [4.69, 9.17) is 0 Å². The number of hydrogen-bond acceptors (Lipinski definition) is 6. The van der Waals surface area contributed by atoms with E-state index in [1.165, 1.54) is 35.8 Å². The molecule has 8 nitrogen and oxygen atoms in total. The number of aromatic nitrogens is 2. The van der Waals surface area contributed by atoms with Gasteiger partial charge in [-0.25, -0.2) is 5.43 Å². The monoisotopic (exact) mass is 367 g/mol. The van der Waals surface area contributed by atoms with Crippen LogP contribution in [0.2, 0.25) is 0 Å². The summed E-state index contributed by atoms with van der Waals surface area (Å²) in [6.45, 7) is 0. The minimum absolute atomic E-state index is 0.00110. The second-order valence-electron chi connectivity index (χ2n) is 5.04. The van der Waals surface area contributed by atoms with Crippen molar-refractivity contribution in [2.24, 2.45) is 5.10 Å². The molecule has 130 valence electrons. The van der Waals surface area contributed by atoms with E-state index < -0.39 is 10.8 Å². The molecule has 0 aliphatic heterocycles. The lowest BCUT2D eigenvalue weighted by atomic mass is 10.2. The van der Waals surface area contributed by atoms with Gasteiger partial charge in [-0.2, -0.15) is 10.2 Å². The molecule has 0 unspecified atom stereocenters.